The summed E-state index contributed by atoms with van der Waals surface area (Å²) in [6.07, 6.45) is 1.87. The number of nitrogens with one attached hydrogen (secondary N) is 1. The van der Waals surface area contributed by atoms with Gasteiger partial charge in [-0.05, 0) is 18.4 Å². The number of nitrogens with two attached hydrogens (primary N) is 1. The van der Waals surface area contributed by atoms with Crippen LogP contribution in [-0.4, -0.2) is 21.4 Å². The molecule has 92 valence electrons. The van der Waals surface area contributed by atoms with E-state index in [4.69, 9.17) is 18.0 Å². The lowest BCUT2D eigenvalue weighted by atomic mass is 10.2. The number of fused-ring (bicyclic) bond motifs is 1. The van der Waals surface area contributed by atoms with E-state index >= 15 is 0 Å². The van der Waals surface area contributed by atoms with Crippen LogP contribution in [0.1, 0.15) is 5.69 Å². The first-order valence-electron chi connectivity index (χ1n) is 5.24. The minimum absolute atomic E-state index is 0.317. The fraction of sp³-hybridized carbons (Fsp3) is 0.0833. The molecule has 0 unspecified atom stereocenters. The second kappa shape index (κ2) is 5.79. The summed E-state index contributed by atoms with van der Waals surface area (Å²) in [5, 5.41) is 5.06. The molecule has 1 heterocycles. The molecule has 3 N–H and O–H groups in total. The molecule has 4 nitrogen and oxygen atoms in total. The van der Waals surface area contributed by atoms with Crippen molar-refractivity contribution in [3.63, 3.8) is 0 Å². The second-order valence-electron chi connectivity index (χ2n) is 3.49. The van der Waals surface area contributed by atoms with Gasteiger partial charge in [0.05, 0.1) is 5.52 Å². The van der Waals surface area contributed by atoms with Crippen LogP contribution >= 0.6 is 24.0 Å². The third-order valence-corrected chi connectivity index (χ3v) is 3.37. The third kappa shape index (κ3) is 2.96. The van der Waals surface area contributed by atoms with Gasteiger partial charge in [-0.25, -0.2) is 4.98 Å². The van der Waals surface area contributed by atoms with Gasteiger partial charge in [-0.1, -0.05) is 48.2 Å². The predicted molar refractivity (Wildman–Crippen MR) is 81.7 cm³/mol. The molecule has 0 atom stereocenters. The highest BCUT2D eigenvalue weighted by Gasteiger charge is 2.02. The van der Waals surface area contributed by atoms with Crippen molar-refractivity contribution in [3.05, 3.63) is 42.1 Å². The first-order valence-corrected chi connectivity index (χ1v) is 6.87. The van der Waals surface area contributed by atoms with Gasteiger partial charge < -0.3 is 5.73 Å². The number of thiocarbonyl (C=S) groups is 1. The first kappa shape index (κ1) is 12.8. The van der Waals surface area contributed by atoms with Crippen LogP contribution in [0.5, 0.6) is 0 Å². The maximum absolute atomic E-state index is 5.85. The molecular formula is C12H12N4S2. The molecule has 1 aromatic carbocycles. The van der Waals surface area contributed by atoms with E-state index in [0.29, 0.717) is 15.9 Å². The van der Waals surface area contributed by atoms with E-state index in [0.717, 1.165) is 10.9 Å². The molecule has 2 rings (SSSR count). The average Bonchev–Trinajstić information content (AvgIpc) is 2.43. The van der Waals surface area contributed by atoms with E-state index in [2.05, 4.69) is 15.5 Å². The Bertz CT molecular complexity index is 610. The van der Waals surface area contributed by atoms with Crippen LogP contribution in [0.25, 0.3) is 10.9 Å². The van der Waals surface area contributed by atoms with Crippen LogP contribution in [0.15, 0.2) is 41.5 Å². The molecule has 0 saturated heterocycles. The SMILES string of the molecule is CSC(=S)N/N=C(\N)c1ccc2ccccc2n1. The Morgan fingerprint density at radius 1 is 1.33 bits per heavy atom. The van der Waals surface area contributed by atoms with Crippen molar-refractivity contribution < 1.29 is 0 Å². The standard InChI is InChI=1S/C12H12N4S2/c1-18-12(17)16-15-11(13)10-7-6-8-4-2-3-5-9(8)14-10/h2-7H,1H3,(H2,13,15)(H,16,17). The van der Waals surface area contributed by atoms with Crippen molar-refractivity contribution in [1.82, 2.24) is 10.4 Å². The number of pyridine rings is 1. The number of para-hydroxylation sites is 1. The largest absolute Gasteiger partial charge is 0.380 e. The molecule has 2 aromatic rings. The molecule has 18 heavy (non-hydrogen) atoms. The zero-order chi connectivity index (χ0) is 13.0. The number of hydrazone groups is 1. The lowest BCUT2D eigenvalue weighted by molar-refractivity contribution is 1.05. The quantitative estimate of drug-likeness (QED) is 0.380. The average molecular weight is 276 g/mol. The monoisotopic (exact) mass is 276 g/mol. The summed E-state index contributed by atoms with van der Waals surface area (Å²) in [6, 6.07) is 11.7. The number of thioether (sulfide) groups is 1. The number of hydrogen-bond donors (Lipinski definition) is 2. The zero-order valence-corrected chi connectivity index (χ0v) is 11.4. The highest BCUT2D eigenvalue weighted by Crippen LogP contribution is 2.11. The Balaban J connectivity index is 2.27. The smallest absolute Gasteiger partial charge is 0.169 e. The second-order valence-corrected chi connectivity index (χ2v) is 4.97. The molecule has 0 saturated carbocycles. The summed E-state index contributed by atoms with van der Waals surface area (Å²) in [7, 11) is 0. The van der Waals surface area contributed by atoms with Gasteiger partial charge in [0.2, 0.25) is 0 Å². The van der Waals surface area contributed by atoms with Gasteiger partial charge in [0.25, 0.3) is 0 Å². The Morgan fingerprint density at radius 2 is 2.11 bits per heavy atom. The fourth-order valence-electron chi connectivity index (χ4n) is 1.42. The zero-order valence-electron chi connectivity index (χ0n) is 9.75. The highest BCUT2D eigenvalue weighted by molar-refractivity contribution is 8.22. The van der Waals surface area contributed by atoms with Crippen molar-refractivity contribution >= 4 is 45.0 Å². The van der Waals surface area contributed by atoms with E-state index in [9.17, 15) is 0 Å². The van der Waals surface area contributed by atoms with Gasteiger partial charge >= 0.3 is 0 Å². The fourth-order valence-corrected chi connectivity index (χ4v) is 1.60. The molecule has 0 bridgehead atoms. The van der Waals surface area contributed by atoms with Gasteiger partial charge in [0.15, 0.2) is 10.2 Å². The molecule has 0 radical (unpaired) electrons. The Kier molecular flexibility index (Phi) is 4.11. The van der Waals surface area contributed by atoms with Crippen molar-refractivity contribution in [2.45, 2.75) is 0 Å². The van der Waals surface area contributed by atoms with E-state index in [1.807, 2.05) is 42.7 Å². The van der Waals surface area contributed by atoms with Crippen molar-refractivity contribution in [3.8, 4) is 0 Å². The Hall–Kier alpha value is -1.66. The van der Waals surface area contributed by atoms with E-state index in [1.165, 1.54) is 11.8 Å². The molecule has 1 aromatic heterocycles. The maximum atomic E-state index is 5.85. The van der Waals surface area contributed by atoms with Gasteiger partial charge in [-0.3, -0.25) is 5.43 Å². The van der Waals surface area contributed by atoms with Crippen molar-refractivity contribution in [2.75, 3.05) is 6.26 Å². The number of rotatable bonds is 2. The number of benzene rings is 1. The first-order chi connectivity index (χ1) is 8.70. The van der Waals surface area contributed by atoms with Crippen molar-refractivity contribution in [2.24, 2.45) is 10.8 Å². The predicted octanol–water partition coefficient (Wildman–Crippen LogP) is 2.09. The molecule has 0 aliphatic rings. The minimum atomic E-state index is 0.317. The molecule has 0 aliphatic carbocycles. The topological polar surface area (TPSA) is 63.3 Å². The maximum Gasteiger partial charge on any atom is 0.169 e. The van der Waals surface area contributed by atoms with Crippen LogP contribution < -0.4 is 11.2 Å². The van der Waals surface area contributed by atoms with Crippen LogP contribution in [-0.2, 0) is 0 Å². The van der Waals surface area contributed by atoms with Crippen LogP contribution in [0.4, 0.5) is 0 Å². The summed E-state index contributed by atoms with van der Waals surface area (Å²) in [5.41, 5.74) is 10.1. The van der Waals surface area contributed by atoms with Crippen molar-refractivity contribution in [1.29, 1.82) is 0 Å². The lowest BCUT2D eigenvalue weighted by Crippen LogP contribution is -2.21. The van der Waals surface area contributed by atoms with E-state index < -0.39 is 0 Å². The molecule has 0 fully saturated rings. The molecule has 0 aliphatic heterocycles. The summed E-state index contributed by atoms with van der Waals surface area (Å²) < 4.78 is 0.568. The number of amidine groups is 1. The van der Waals surface area contributed by atoms with E-state index in [1.54, 1.807) is 0 Å². The Morgan fingerprint density at radius 3 is 2.89 bits per heavy atom. The summed E-state index contributed by atoms with van der Waals surface area (Å²) in [5.74, 6) is 0.317. The molecule has 6 heteroatoms. The normalized spacial score (nSPS) is 11.5. The number of hydrogen-bond acceptors (Lipinski definition) is 4. The summed E-state index contributed by atoms with van der Waals surface area (Å²) >= 11 is 6.37. The van der Waals surface area contributed by atoms with Crippen LogP contribution in [0, 0.1) is 0 Å². The molecule has 0 amide bonds. The highest BCUT2D eigenvalue weighted by atomic mass is 32.2. The summed E-state index contributed by atoms with van der Waals surface area (Å²) in [4.78, 5) is 4.43. The van der Waals surface area contributed by atoms with E-state index in [-0.39, 0.29) is 0 Å². The van der Waals surface area contributed by atoms with Crippen LogP contribution in [0.2, 0.25) is 0 Å². The Labute approximate surface area is 115 Å². The van der Waals surface area contributed by atoms with Crippen LogP contribution in [0.3, 0.4) is 0 Å². The molecule has 0 spiro atoms. The van der Waals surface area contributed by atoms with Gasteiger partial charge in [0.1, 0.15) is 5.69 Å². The molecular weight excluding hydrogens is 264 g/mol. The van der Waals surface area contributed by atoms with Gasteiger partial charge in [-0.2, -0.15) is 5.10 Å². The third-order valence-electron chi connectivity index (χ3n) is 2.31. The van der Waals surface area contributed by atoms with Gasteiger partial charge in [-0.15, -0.1) is 0 Å². The summed E-state index contributed by atoms with van der Waals surface area (Å²) in [6.45, 7) is 0. The lowest BCUT2D eigenvalue weighted by Gasteiger charge is -2.03. The van der Waals surface area contributed by atoms with Gasteiger partial charge in [0, 0.05) is 5.39 Å². The minimum Gasteiger partial charge on any atom is -0.380 e. The number of nitrogens with zero attached hydrogens (tertiary/aromatic N) is 2. The number of aromatic nitrogens is 1.